The second-order valence-corrected chi connectivity index (χ2v) is 5.64. The van der Waals surface area contributed by atoms with E-state index in [0.717, 1.165) is 39.0 Å². The van der Waals surface area contributed by atoms with Crippen molar-refractivity contribution >= 4 is 5.91 Å². The average molecular weight is 293 g/mol. The van der Waals surface area contributed by atoms with Gasteiger partial charge in [-0.25, -0.2) is 0 Å². The van der Waals surface area contributed by atoms with Gasteiger partial charge in [-0.05, 0) is 32.3 Å². The van der Waals surface area contributed by atoms with Gasteiger partial charge >= 0.3 is 0 Å². The Morgan fingerprint density at radius 1 is 1.43 bits per heavy atom. The maximum Gasteiger partial charge on any atom is 0.274 e. The van der Waals surface area contributed by atoms with Gasteiger partial charge in [0.15, 0.2) is 0 Å². The van der Waals surface area contributed by atoms with E-state index in [1.807, 2.05) is 28.8 Å². The molecule has 1 amide bonds. The molecule has 3 rings (SSSR count). The highest BCUT2D eigenvalue weighted by Gasteiger charge is 2.28. The summed E-state index contributed by atoms with van der Waals surface area (Å²) in [6.45, 7) is 5.67. The Bertz CT molecular complexity index is 482. The average Bonchev–Trinajstić information content (AvgIpc) is 3.17. The minimum absolute atomic E-state index is 0.0167. The van der Waals surface area contributed by atoms with Crippen molar-refractivity contribution in [1.82, 2.24) is 14.7 Å². The molecule has 3 heterocycles. The maximum atomic E-state index is 12.5. The Balaban J connectivity index is 1.61. The fourth-order valence-corrected chi connectivity index (χ4v) is 3.05. The summed E-state index contributed by atoms with van der Waals surface area (Å²) >= 11 is 0. The van der Waals surface area contributed by atoms with Crippen LogP contribution in [0.5, 0.6) is 0 Å². The van der Waals surface area contributed by atoms with Gasteiger partial charge in [0.05, 0.1) is 12.1 Å². The summed E-state index contributed by atoms with van der Waals surface area (Å²) < 4.78 is 12.9. The van der Waals surface area contributed by atoms with Gasteiger partial charge in [0.2, 0.25) is 0 Å². The number of carbonyl (C=O) groups is 1. The molecule has 0 aromatic carbocycles. The molecule has 2 saturated heterocycles. The van der Waals surface area contributed by atoms with Gasteiger partial charge in [-0.3, -0.25) is 9.48 Å². The minimum Gasteiger partial charge on any atom is -0.381 e. The van der Waals surface area contributed by atoms with E-state index in [9.17, 15) is 4.79 Å². The largest absolute Gasteiger partial charge is 0.381 e. The van der Waals surface area contributed by atoms with Crippen molar-refractivity contribution in [3.8, 4) is 0 Å². The van der Waals surface area contributed by atoms with Crippen LogP contribution >= 0.6 is 0 Å². The van der Waals surface area contributed by atoms with E-state index in [-0.39, 0.29) is 12.0 Å². The van der Waals surface area contributed by atoms with Gasteiger partial charge in [0.1, 0.15) is 5.69 Å². The molecule has 0 radical (unpaired) electrons. The van der Waals surface area contributed by atoms with Crippen LogP contribution in [0.3, 0.4) is 0 Å². The van der Waals surface area contributed by atoms with Crippen LogP contribution in [0.15, 0.2) is 12.3 Å². The molecule has 1 aromatic rings. The summed E-state index contributed by atoms with van der Waals surface area (Å²) in [5, 5.41) is 4.48. The normalized spacial score (nSPS) is 23.7. The van der Waals surface area contributed by atoms with Gasteiger partial charge in [-0.15, -0.1) is 0 Å². The molecule has 116 valence electrons. The van der Waals surface area contributed by atoms with Crippen molar-refractivity contribution in [2.75, 3.05) is 32.9 Å². The number of hydrogen-bond acceptors (Lipinski definition) is 4. The quantitative estimate of drug-likeness (QED) is 0.844. The SMILES string of the molecule is CCO[C@H]1CCN(C(=O)c2ccn(C3CCOCC3)n2)C1. The van der Waals surface area contributed by atoms with E-state index in [1.165, 1.54) is 0 Å². The Morgan fingerprint density at radius 2 is 2.24 bits per heavy atom. The van der Waals surface area contributed by atoms with Crippen LogP contribution in [-0.2, 0) is 9.47 Å². The van der Waals surface area contributed by atoms with Crippen molar-refractivity contribution in [3.05, 3.63) is 18.0 Å². The molecular formula is C15H23N3O3. The van der Waals surface area contributed by atoms with Gasteiger partial charge in [0, 0.05) is 39.1 Å². The third-order valence-electron chi connectivity index (χ3n) is 4.23. The van der Waals surface area contributed by atoms with Crippen molar-refractivity contribution in [1.29, 1.82) is 0 Å². The summed E-state index contributed by atoms with van der Waals surface area (Å²) in [4.78, 5) is 14.3. The van der Waals surface area contributed by atoms with Crippen molar-refractivity contribution in [2.45, 2.75) is 38.3 Å². The predicted molar refractivity (Wildman–Crippen MR) is 77.3 cm³/mol. The highest BCUT2D eigenvalue weighted by atomic mass is 16.5. The third-order valence-corrected chi connectivity index (χ3v) is 4.23. The molecule has 1 atom stereocenters. The molecule has 21 heavy (non-hydrogen) atoms. The lowest BCUT2D eigenvalue weighted by atomic mass is 10.1. The third kappa shape index (κ3) is 3.27. The lowest BCUT2D eigenvalue weighted by Gasteiger charge is -2.22. The zero-order valence-electron chi connectivity index (χ0n) is 12.5. The van der Waals surface area contributed by atoms with E-state index >= 15 is 0 Å². The van der Waals surface area contributed by atoms with Crippen LogP contribution in [0, 0.1) is 0 Å². The molecule has 6 heteroatoms. The molecule has 0 unspecified atom stereocenters. The first kappa shape index (κ1) is 14.5. The summed E-state index contributed by atoms with van der Waals surface area (Å²) in [7, 11) is 0. The van der Waals surface area contributed by atoms with Crippen molar-refractivity contribution < 1.29 is 14.3 Å². The number of nitrogens with zero attached hydrogens (tertiary/aromatic N) is 3. The number of aromatic nitrogens is 2. The number of amides is 1. The standard InChI is InChI=1S/C15H23N3O3/c1-2-21-13-3-7-17(11-13)15(19)14-4-8-18(16-14)12-5-9-20-10-6-12/h4,8,12-13H,2-3,5-7,9-11H2,1H3/t13-/m0/s1. The summed E-state index contributed by atoms with van der Waals surface area (Å²) in [6.07, 6.45) is 4.94. The maximum absolute atomic E-state index is 12.5. The fraction of sp³-hybridized carbons (Fsp3) is 0.733. The molecule has 0 aliphatic carbocycles. The smallest absolute Gasteiger partial charge is 0.274 e. The topological polar surface area (TPSA) is 56.6 Å². The number of likely N-dealkylation sites (tertiary alicyclic amines) is 1. The van der Waals surface area contributed by atoms with Gasteiger partial charge in [-0.2, -0.15) is 5.10 Å². The lowest BCUT2D eigenvalue weighted by Crippen LogP contribution is -2.30. The molecule has 0 N–H and O–H groups in total. The van der Waals surface area contributed by atoms with E-state index < -0.39 is 0 Å². The van der Waals surface area contributed by atoms with Crippen LogP contribution in [0.1, 0.15) is 42.7 Å². The Hall–Kier alpha value is -1.40. The van der Waals surface area contributed by atoms with Crippen LogP contribution in [0.2, 0.25) is 0 Å². The van der Waals surface area contributed by atoms with Gasteiger partial charge < -0.3 is 14.4 Å². The van der Waals surface area contributed by atoms with Crippen molar-refractivity contribution in [2.24, 2.45) is 0 Å². The molecule has 2 aliphatic rings. The number of hydrogen-bond donors (Lipinski definition) is 0. The zero-order chi connectivity index (χ0) is 14.7. The molecular weight excluding hydrogens is 270 g/mol. The molecule has 0 saturated carbocycles. The number of ether oxygens (including phenoxy) is 2. The number of carbonyl (C=O) groups excluding carboxylic acids is 1. The highest BCUT2D eigenvalue weighted by molar-refractivity contribution is 5.92. The van der Waals surface area contributed by atoms with Gasteiger partial charge in [-0.1, -0.05) is 0 Å². The highest BCUT2D eigenvalue weighted by Crippen LogP contribution is 2.21. The van der Waals surface area contributed by atoms with Crippen LogP contribution in [-0.4, -0.2) is 59.6 Å². The summed E-state index contributed by atoms with van der Waals surface area (Å²) in [6, 6.07) is 2.18. The second-order valence-electron chi connectivity index (χ2n) is 5.64. The summed E-state index contributed by atoms with van der Waals surface area (Å²) in [5.41, 5.74) is 0.540. The van der Waals surface area contributed by atoms with Crippen LogP contribution in [0.25, 0.3) is 0 Å². The number of rotatable bonds is 4. The first-order chi connectivity index (χ1) is 10.3. The Morgan fingerprint density at radius 3 is 3.00 bits per heavy atom. The molecule has 2 aliphatic heterocycles. The van der Waals surface area contributed by atoms with Crippen LogP contribution in [0.4, 0.5) is 0 Å². The van der Waals surface area contributed by atoms with E-state index in [1.54, 1.807) is 0 Å². The van der Waals surface area contributed by atoms with E-state index in [2.05, 4.69) is 5.10 Å². The molecule has 1 aromatic heterocycles. The van der Waals surface area contributed by atoms with Crippen LogP contribution < -0.4 is 0 Å². The Kier molecular flexibility index (Phi) is 4.55. The van der Waals surface area contributed by atoms with Gasteiger partial charge in [0.25, 0.3) is 5.91 Å². The molecule has 0 bridgehead atoms. The predicted octanol–water partition coefficient (Wildman–Crippen LogP) is 1.49. The minimum atomic E-state index is 0.0167. The fourth-order valence-electron chi connectivity index (χ4n) is 3.05. The molecule has 2 fully saturated rings. The molecule has 6 nitrogen and oxygen atoms in total. The van der Waals surface area contributed by atoms with E-state index in [4.69, 9.17) is 9.47 Å². The first-order valence-electron chi connectivity index (χ1n) is 7.81. The monoisotopic (exact) mass is 293 g/mol. The second kappa shape index (κ2) is 6.58. The first-order valence-corrected chi connectivity index (χ1v) is 7.81. The van der Waals surface area contributed by atoms with E-state index in [0.29, 0.717) is 24.9 Å². The zero-order valence-corrected chi connectivity index (χ0v) is 12.5. The van der Waals surface area contributed by atoms with Crippen molar-refractivity contribution in [3.63, 3.8) is 0 Å². The Labute approximate surface area is 125 Å². The molecule has 0 spiro atoms. The summed E-state index contributed by atoms with van der Waals surface area (Å²) in [5.74, 6) is 0.0167. The lowest BCUT2D eigenvalue weighted by molar-refractivity contribution is 0.0589.